The summed E-state index contributed by atoms with van der Waals surface area (Å²) in [6.07, 6.45) is 6.37. The molecule has 0 bridgehead atoms. The van der Waals surface area contributed by atoms with E-state index in [0.29, 0.717) is 12.5 Å². The summed E-state index contributed by atoms with van der Waals surface area (Å²) < 4.78 is 11.7. The maximum Gasteiger partial charge on any atom is 0.115 e. The highest BCUT2D eigenvalue weighted by molar-refractivity contribution is 8.42. The van der Waals surface area contributed by atoms with Crippen LogP contribution in [0, 0.1) is 4.91 Å². The first kappa shape index (κ1) is 17.8. The van der Waals surface area contributed by atoms with Crippen molar-refractivity contribution in [1.29, 1.82) is 0 Å². The Morgan fingerprint density at radius 3 is 2.89 bits per heavy atom. The van der Waals surface area contributed by atoms with E-state index in [4.69, 9.17) is 9.72 Å². The molecule has 5 rings (SSSR count). The Hall–Kier alpha value is -2.25. The van der Waals surface area contributed by atoms with Crippen LogP contribution >= 0.6 is 10.2 Å². The second-order valence-electron chi connectivity index (χ2n) is 8.43. The van der Waals surface area contributed by atoms with Crippen molar-refractivity contribution in [2.45, 2.75) is 44.8 Å². The van der Waals surface area contributed by atoms with Crippen molar-refractivity contribution in [1.82, 2.24) is 14.5 Å². The van der Waals surface area contributed by atoms with Crippen LogP contribution in [0.2, 0.25) is 0 Å². The minimum absolute atomic E-state index is 0.164. The summed E-state index contributed by atoms with van der Waals surface area (Å²) in [6.45, 7) is 5.04. The van der Waals surface area contributed by atoms with Crippen molar-refractivity contribution in [2.75, 3.05) is 12.9 Å². The van der Waals surface area contributed by atoms with Crippen molar-refractivity contribution in [3.8, 4) is 0 Å². The lowest BCUT2D eigenvalue weighted by Crippen LogP contribution is -2.35. The van der Waals surface area contributed by atoms with Gasteiger partial charge in [0.15, 0.2) is 0 Å². The number of fused-ring (bicyclic) bond motifs is 3. The summed E-state index contributed by atoms with van der Waals surface area (Å²) in [4.78, 5) is 21.9. The van der Waals surface area contributed by atoms with E-state index in [2.05, 4.69) is 40.1 Å². The molecular formula is C21H24N4O2S. The fourth-order valence-electron chi connectivity index (χ4n) is 4.36. The van der Waals surface area contributed by atoms with E-state index in [1.54, 1.807) is 0 Å². The molecule has 1 fully saturated rings. The summed E-state index contributed by atoms with van der Waals surface area (Å²) in [7, 11) is -1.53. The summed E-state index contributed by atoms with van der Waals surface area (Å²) in [6, 6.07) is 8.53. The van der Waals surface area contributed by atoms with Gasteiger partial charge in [0.25, 0.3) is 0 Å². The highest BCUT2D eigenvalue weighted by atomic mass is 32.3. The lowest BCUT2D eigenvalue weighted by Gasteiger charge is -2.37. The molecule has 0 amide bonds. The van der Waals surface area contributed by atoms with Gasteiger partial charge in [0, 0.05) is 29.4 Å². The Kier molecular flexibility index (Phi) is 3.90. The Labute approximate surface area is 165 Å². The highest BCUT2D eigenvalue weighted by Crippen LogP contribution is 2.69. The predicted molar refractivity (Wildman–Crippen MR) is 114 cm³/mol. The zero-order valence-corrected chi connectivity index (χ0v) is 17.2. The molecule has 1 saturated heterocycles. The molecule has 28 heavy (non-hydrogen) atoms. The number of hydrogen-bond donors (Lipinski definition) is 0. The Morgan fingerprint density at radius 2 is 2.14 bits per heavy atom. The maximum atomic E-state index is 11.2. The quantitative estimate of drug-likeness (QED) is 0.566. The molecular weight excluding hydrogens is 372 g/mol. The Balaban J connectivity index is 1.69. The van der Waals surface area contributed by atoms with E-state index >= 15 is 0 Å². The van der Waals surface area contributed by atoms with Crippen LogP contribution < -0.4 is 0 Å². The number of rotatable bonds is 4. The SMILES string of the molecule is CC1(C)CC(n2c(CC3=CS3(C)N=O)nc3cnc4ccccc4c32)CCO1. The largest absolute Gasteiger partial charge is 0.375 e. The zero-order valence-electron chi connectivity index (χ0n) is 16.4. The van der Waals surface area contributed by atoms with Crippen LogP contribution in [0.5, 0.6) is 0 Å². The maximum absolute atomic E-state index is 11.2. The third kappa shape index (κ3) is 2.84. The van der Waals surface area contributed by atoms with Crippen LogP contribution in [0.1, 0.15) is 38.6 Å². The van der Waals surface area contributed by atoms with Gasteiger partial charge in [0.1, 0.15) is 11.3 Å². The van der Waals surface area contributed by atoms with E-state index in [-0.39, 0.29) is 5.60 Å². The van der Waals surface area contributed by atoms with Gasteiger partial charge in [-0.05, 0) is 49.0 Å². The first-order valence-corrected chi connectivity index (χ1v) is 11.7. The van der Waals surface area contributed by atoms with E-state index in [1.165, 1.54) is 0 Å². The fraction of sp³-hybridized carbons (Fsp3) is 0.429. The third-order valence-corrected chi connectivity index (χ3v) is 7.98. The number of ether oxygens (including phenoxy) is 1. The van der Waals surface area contributed by atoms with Gasteiger partial charge in [-0.25, -0.2) is 4.98 Å². The molecule has 6 nitrogen and oxygen atoms in total. The third-order valence-electron chi connectivity index (χ3n) is 5.85. The van der Waals surface area contributed by atoms with Crippen molar-refractivity contribution in [3.05, 3.63) is 51.5 Å². The van der Waals surface area contributed by atoms with E-state index < -0.39 is 10.2 Å². The molecule has 7 heteroatoms. The number of nitrogens with zero attached hydrogens (tertiary/aromatic N) is 4. The molecule has 0 spiro atoms. The van der Waals surface area contributed by atoms with Crippen LogP contribution in [0.15, 0.2) is 45.4 Å². The Bertz CT molecular complexity index is 1140. The number of aromatic nitrogens is 3. The summed E-state index contributed by atoms with van der Waals surface area (Å²) in [5, 5.41) is 3.14. The monoisotopic (exact) mass is 396 g/mol. The van der Waals surface area contributed by atoms with Gasteiger partial charge in [-0.1, -0.05) is 28.4 Å². The normalized spacial score (nSPS) is 28.7. The molecule has 0 saturated carbocycles. The van der Waals surface area contributed by atoms with Gasteiger partial charge in [-0.2, -0.15) is 0 Å². The number of pyridine rings is 1. The highest BCUT2D eigenvalue weighted by Gasteiger charge is 2.38. The predicted octanol–water partition coefficient (Wildman–Crippen LogP) is 5.23. The first-order valence-electron chi connectivity index (χ1n) is 9.62. The number of benzene rings is 1. The average molecular weight is 397 g/mol. The zero-order chi connectivity index (χ0) is 19.5. The molecule has 2 aliphatic heterocycles. The van der Waals surface area contributed by atoms with Gasteiger partial charge in [-0.15, -0.1) is 4.91 Å². The Morgan fingerprint density at radius 1 is 1.32 bits per heavy atom. The summed E-state index contributed by atoms with van der Waals surface area (Å²) >= 11 is 0. The second-order valence-corrected chi connectivity index (χ2v) is 11.2. The van der Waals surface area contributed by atoms with Crippen LogP contribution in [0.3, 0.4) is 0 Å². The standard InChI is InChI=1S/C21H24N4O2S/c1-21(2)11-14(8-9-27-21)25-19(10-15-13-28(15,3)24-26)23-18-12-22-17-7-5-4-6-16(17)20(18)25/h4-7,12-14H,8-11H2,1-3H3. The molecule has 0 radical (unpaired) electrons. The smallest absolute Gasteiger partial charge is 0.115 e. The van der Waals surface area contributed by atoms with Crippen LogP contribution in [0.4, 0.5) is 0 Å². The molecule has 2 atom stereocenters. The van der Waals surface area contributed by atoms with Crippen LogP contribution in [0.25, 0.3) is 21.9 Å². The van der Waals surface area contributed by atoms with Gasteiger partial charge < -0.3 is 9.30 Å². The van der Waals surface area contributed by atoms with Crippen molar-refractivity contribution in [2.24, 2.45) is 4.58 Å². The van der Waals surface area contributed by atoms with Gasteiger partial charge in [-0.3, -0.25) is 4.98 Å². The van der Waals surface area contributed by atoms with E-state index in [0.717, 1.165) is 52.1 Å². The lowest BCUT2D eigenvalue weighted by atomic mass is 9.93. The number of hydrogen-bond acceptors (Lipinski definition) is 5. The van der Waals surface area contributed by atoms with Gasteiger partial charge in [0.2, 0.25) is 0 Å². The van der Waals surface area contributed by atoms with Crippen molar-refractivity contribution in [3.63, 3.8) is 0 Å². The lowest BCUT2D eigenvalue weighted by molar-refractivity contribution is -0.0688. The number of para-hydroxylation sites is 1. The molecule has 0 aliphatic carbocycles. The average Bonchev–Trinajstić information content (AvgIpc) is 3.16. The fourth-order valence-corrected chi connectivity index (χ4v) is 5.88. The van der Waals surface area contributed by atoms with Crippen molar-refractivity contribution < 1.29 is 4.74 Å². The molecule has 146 valence electrons. The molecule has 3 aromatic rings. The van der Waals surface area contributed by atoms with Crippen molar-refractivity contribution >= 4 is 32.2 Å². The molecule has 2 aromatic heterocycles. The number of nitroso groups, excluding NO2 is 1. The molecule has 4 heterocycles. The van der Waals surface area contributed by atoms with Gasteiger partial charge >= 0.3 is 0 Å². The first-order chi connectivity index (χ1) is 13.4. The molecule has 2 unspecified atom stereocenters. The topological polar surface area (TPSA) is 69.4 Å². The van der Waals surface area contributed by atoms with Crippen LogP contribution in [-0.2, 0) is 11.2 Å². The van der Waals surface area contributed by atoms with E-state index in [1.807, 2.05) is 30.0 Å². The number of imidazole rings is 1. The van der Waals surface area contributed by atoms with E-state index in [9.17, 15) is 4.91 Å². The van der Waals surface area contributed by atoms with Gasteiger partial charge in [0.05, 0.1) is 22.8 Å². The summed E-state index contributed by atoms with van der Waals surface area (Å²) in [5.74, 6) is 1.00. The molecule has 1 aromatic carbocycles. The molecule has 2 aliphatic rings. The minimum Gasteiger partial charge on any atom is -0.375 e. The number of allylic oxidation sites excluding steroid dienone is 1. The minimum atomic E-state index is -1.53. The summed E-state index contributed by atoms with van der Waals surface area (Å²) in [5.41, 5.74) is 2.86. The van der Waals surface area contributed by atoms with Crippen LogP contribution in [-0.4, -0.2) is 33.0 Å². The molecule has 0 N–H and O–H groups in total. The second kappa shape index (κ2) is 6.12.